The maximum absolute atomic E-state index is 10.8. The first-order chi connectivity index (χ1) is 5.57. The molecule has 1 amide bonds. The summed E-state index contributed by atoms with van der Waals surface area (Å²) < 4.78 is 4.77. The van der Waals surface area contributed by atoms with E-state index in [4.69, 9.17) is 9.84 Å². The van der Waals surface area contributed by atoms with Crippen LogP contribution >= 0.6 is 0 Å². The lowest BCUT2D eigenvalue weighted by Crippen LogP contribution is -2.40. The molecule has 0 saturated heterocycles. The molecular formula is C7H13NO4. The Labute approximate surface area is 70.7 Å². The minimum absolute atomic E-state index is 0.0892. The summed E-state index contributed by atoms with van der Waals surface area (Å²) in [5.41, 5.74) is 0. The van der Waals surface area contributed by atoms with E-state index in [1.54, 1.807) is 6.92 Å². The molecule has 0 fully saturated rings. The summed E-state index contributed by atoms with van der Waals surface area (Å²) in [7, 11) is 0. The highest BCUT2D eigenvalue weighted by Crippen LogP contribution is 1.82. The van der Waals surface area contributed by atoms with Gasteiger partial charge in [0.05, 0.1) is 0 Å². The van der Waals surface area contributed by atoms with E-state index in [2.05, 4.69) is 5.32 Å². The van der Waals surface area contributed by atoms with Crippen LogP contribution in [0.4, 0.5) is 0 Å². The molecule has 0 saturated carbocycles. The number of carbonyl (C=O) groups excluding carboxylic acids is 1. The molecular weight excluding hydrogens is 162 g/mol. The molecule has 1 atom stereocenters. The van der Waals surface area contributed by atoms with E-state index >= 15 is 0 Å². The molecule has 0 aromatic heterocycles. The second-order valence-corrected chi connectivity index (χ2v) is 2.26. The van der Waals surface area contributed by atoms with Gasteiger partial charge in [-0.05, 0) is 13.8 Å². The van der Waals surface area contributed by atoms with Crippen LogP contribution in [0, 0.1) is 0 Å². The van der Waals surface area contributed by atoms with Crippen molar-refractivity contribution in [2.75, 3.05) is 13.2 Å². The summed E-state index contributed by atoms with van der Waals surface area (Å²) in [4.78, 5) is 21.1. The van der Waals surface area contributed by atoms with Crippen molar-refractivity contribution in [3.05, 3.63) is 0 Å². The maximum Gasteiger partial charge on any atom is 0.325 e. The monoisotopic (exact) mass is 175 g/mol. The zero-order valence-corrected chi connectivity index (χ0v) is 7.16. The van der Waals surface area contributed by atoms with Gasteiger partial charge in [0.25, 0.3) is 0 Å². The third-order valence-corrected chi connectivity index (χ3v) is 1.19. The molecule has 70 valence electrons. The van der Waals surface area contributed by atoms with Gasteiger partial charge < -0.3 is 15.2 Å². The van der Waals surface area contributed by atoms with Crippen LogP contribution in [0.25, 0.3) is 0 Å². The highest BCUT2D eigenvalue weighted by Gasteiger charge is 2.12. The molecule has 0 radical (unpaired) electrons. The van der Waals surface area contributed by atoms with Gasteiger partial charge in [0.1, 0.15) is 12.6 Å². The predicted octanol–water partition coefficient (Wildman–Crippen LogP) is -0.388. The molecule has 5 nitrogen and oxygen atoms in total. The summed E-state index contributed by atoms with van der Waals surface area (Å²) >= 11 is 0. The molecule has 0 bridgehead atoms. The van der Waals surface area contributed by atoms with Gasteiger partial charge in [0, 0.05) is 6.61 Å². The molecule has 0 unspecified atom stereocenters. The van der Waals surface area contributed by atoms with Crippen LogP contribution in [0.3, 0.4) is 0 Å². The first kappa shape index (κ1) is 10.9. The van der Waals surface area contributed by atoms with Crippen molar-refractivity contribution in [3.63, 3.8) is 0 Å². The predicted molar refractivity (Wildman–Crippen MR) is 41.7 cm³/mol. The average molecular weight is 175 g/mol. The summed E-state index contributed by atoms with van der Waals surface area (Å²) in [5.74, 6) is -1.47. The van der Waals surface area contributed by atoms with Gasteiger partial charge in [0.2, 0.25) is 5.91 Å². The third kappa shape index (κ3) is 4.68. The molecule has 0 aliphatic carbocycles. The van der Waals surface area contributed by atoms with E-state index < -0.39 is 17.9 Å². The highest BCUT2D eigenvalue weighted by molar-refractivity contribution is 5.83. The molecule has 0 aromatic rings. The maximum atomic E-state index is 10.8. The van der Waals surface area contributed by atoms with Gasteiger partial charge in [-0.3, -0.25) is 9.59 Å². The van der Waals surface area contributed by atoms with Crippen molar-refractivity contribution in [3.8, 4) is 0 Å². The van der Waals surface area contributed by atoms with Gasteiger partial charge >= 0.3 is 5.97 Å². The molecule has 2 N–H and O–H groups in total. The molecule has 0 aliphatic heterocycles. The van der Waals surface area contributed by atoms with Gasteiger partial charge in [-0.15, -0.1) is 0 Å². The number of hydrogen-bond acceptors (Lipinski definition) is 3. The van der Waals surface area contributed by atoms with Gasteiger partial charge in [-0.25, -0.2) is 0 Å². The second-order valence-electron chi connectivity index (χ2n) is 2.26. The largest absolute Gasteiger partial charge is 0.480 e. The Balaban J connectivity index is 3.61. The Kier molecular flexibility index (Phi) is 5.03. The SMILES string of the molecule is CCOCC(=O)N[C@H](C)C(=O)O. The van der Waals surface area contributed by atoms with Crippen LogP contribution in [0.1, 0.15) is 13.8 Å². The van der Waals surface area contributed by atoms with Crippen molar-refractivity contribution in [2.45, 2.75) is 19.9 Å². The number of nitrogens with one attached hydrogen (secondary N) is 1. The summed E-state index contributed by atoms with van der Waals surface area (Å²) in [6.07, 6.45) is 0. The fourth-order valence-electron chi connectivity index (χ4n) is 0.540. The lowest BCUT2D eigenvalue weighted by molar-refractivity contribution is -0.141. The number of carboxylic acids is 1. The smallest absolute Gasteiger partial charge is 0.325 e. The normalized spacial score (nSPS) is 12.2. The quantitative estimate of drug-likeness (QED) is 0.596. The van der Waals surface area contributed by atoms with Crippen molar-refractivity contribution in [1.29, 1.82) is 0 Å². The Morgan fingerprint density at radius 2 is 2.17 bits per heavy atom. The Hall–Kier alpha value is -1.10. The number of rotatable bonds is 5. The van der Waals surface area contributed by atoms with Crippen LogP contribution in [-0.4, -0.2) is 36.2 Å². The molecule has 0 aromatic carbocycles. The molecule has 5 heteroatoms. The standard InChI is InChI=1S/C7H13NO4/c1-3-12-4-6(9)8-5(2)7(10)11/h5H,3-4H2,1-2H3,(H,8,9)(H,10,11)/t5-/m1/s1. The van der Waals surface area contributed by atoms with Gasteiger partial charge in [0.15, 0.2) is 0 Å². The average Bonchev–Trinajstić information content (AvgIpc) is 2.00. The van der Waals surface area contributed by atoms with Crippen molar-refractivity contribution < 1.29 is 19.4 Å². The first-order valence-corrected chi connectivity index (χ1v) is 3.67. The Morgan fingerprint density at radius 3 is 2.58 bits per heavy atom. The molecule has 0 spiro atoms. The highest BCUT2D eigenvalue weighted by atomic mass is 16.5. The van der Waals surface area contributed by atoms with Crippen molar-refractivity contribution in [1.82, 2.24) is 5.32 Å². The van der Waals surface area contributed by atoms with Crippen LogP contribution in [0.5, 0.6) is 0 Å². The van der Waals surface area contributed by atoms with E-state index in [0.717, 1.165) is 0 Å². The minimum Gasteiger partial charge on any atom is -0.480 e. The summed E-state index contributed by atoms with van der Waals surface area (Å²) in [6, 6.07) is -0.863. The molecule has 12 heavy (non-hydrogen) atoms. The minimum atomic E-state index is -1.06. The number of carboxylic acid groups (broad SMARTS) is 1. The molecule has 0 rings (SSSR count). The fourth-order valence-corrected chi connectivity index (χ4v) is 0.540. The van der Waals surface area contributed by atoms with E-state index in [9.17, 15) is 9.59 Å². The molecule has 0 heterocycles. The second kappa shape index (κ2) is 5.54. The van der Waals surface area contributed by atoms with Crippen LogP contribution in [0.15, 0.2) is 0 Å². The van der Waals surface area contributed by atoms with Gasteiger partial charge in [-0.1, -0.05) is 0 Å². The van der Waals surface area contributed by atoms with Crippen LogP contribution in [-0.2, 0) is 14.3 Å². The Morgan fingerprint density at radius 1 is 1.58 bits per heavy atom. The number of ether oxygens (including phenoxy) is 1. The van der Waals surface area contributed by atoms with E-state index in [0.29, 0.717) is 6.61 Å². The summed E-state index contributed by atoms with van der Waals surface area (Å²) in [6.45, 7) is 3.50. The number of hydrogen-bond donors (Lipinski definition) is 2. The van der Waals surface area contributed by atoms with E-state index in [1.165, 1.54) is 6.92 Å². The lowest BCUT2D eigenvalue weighted by Gasteiger charge is -2.08. The molecule has 0 aliphatic rings. The van der Waals surface area contributed by atoms with E-state index in [1.807, 2.05) is 0 Å². The van der Waals surface area contributed by atoms with Crippen LogP contribution in [0.2, 0.25) is 0 Å². The Bertz CT molecular complexity index is 169. The van der Waals surface area contributed by atoms with Gasteiger partial charge in [-0.2, -0.15) is 0 Å². The number of amides is 1. The zero-order valence-electron chi connectivity index (χ0n) is 7.16. The van der Waals surface area contributed by atoms with Crippen molar-refractivity contribution in [2.24, 2.45) is 0 Å². The number of carbonyl (C=O) groups is 2. The van der Waals surface area contributed by atoms with E-state index in [-0.39, 0.29) is 6.61 Å². The topological polar surface area (TPSA) is 75.6 Å². The summed E-state index contributed by atoms with van der Waals surface area (Å²) in [5, 5.41) is 10.7. The third-order valence-electron chi connectivity index (χ3n) is 1.19. The first-order valence-electron chi connectivity index (χ1n) is 3.67. The zero-order chi connectivity index (χ0) is 9.56. The van der Waals surface area contributed by atoms with Crippen molar-refractivity contribution >= 4 is 11.9 Å². The number of aliphatic carboxylic acids is 1. The fraction of sp³-hybridized carbons (Fsp3) is 0.714. The lowest BCUT2D eigenvalue weighted by atomic mass is 10.3. The van der Waals surface area contributed by atoms with Crippen LogP contribution < -0.4 is 5.32 Å².